The minimum Gasteiger partial charge on any atom is -0.435 e. The molecule has 2 N–H and O–H groups in total. The highest BCUT2D eigenvalue weighted by molar-refractivity contribution is 6.11. The fourth-order valence-electron chi connectivity index (χ4n) is 2.11. The predicted molar refractivity (Wildman–Crippen MR) is 77.1 cm³/mol. The van der Waals surface area contributed by atoms with Crippen molar-refractivity contribution in [3.8, 4) is 5.75 Å². The number of imidazole rings is 1. The first-order valence-electron chi connectivity index (χ1n) is 6.52. The molecule has 0 radical (unpaired) electrons. The summed E-state index contributed by atoms with van der Waals surface area (Å²) in [6.07, 6.45) is 1.44. The van der Waals surface area contributed by atoms with Crippen LogP contribution >= 0.6 is 0 Å². The van der Waals surface area contributed by atoms with E-state index in [1.807, 2.05) is 0 Å². The first-order chi connectivity index (χ1) is 11.0. The summed E-state index contributed by atoms with van der Waals surface area (Å²) in [6, 6.07) is 8.01. The molecule has 0 aliphatic rings. The maximum atomic E-state index is 13.9. The summed E-state index contributed by atoms with van der Waals surface area (Å²) >= 11 is 0. The quantitative estimate of drug-likeness (QED) is 0.772. The molecule has 1 aromatic heterocycles. The third kappa shape index (κ3) is 3.10. The van der Waals surface area contributed by atoms with Crippen molar-refractivity contribution in [2.75, 3.05) is 5.32 Å². The summed E-state index contributed by atoms with van der Waals surface area (Å²) in [5, 5.41) is 2.38. The average Bonchev–Trinajstić information content (AvgIpc) is 2.97. The Balaban J connectivity index is 1.84. The monoisotopic (exact) mass is 321 g/mol. The molecule has 5 nitrogen and oxygen atoms in total. The molecule has 0 fully saturated rings. The van der Waals surface area contributed by atoms with E-state index in [4.69, 9.17) is 0 Å². The van der Waals surface area contributed by atoms with E-state index in [9.17, 15) is 18.0 Å². The molecule has 8 heteroatoms. The number of anilines is 1. The molecular formula is C15H10F3N3O2. The number of benzene rings is 2. The van der Waals surface area contributed by atoms with E-state index in [2.05, 4.69) is 20.0 Å². The van der Waals surface area contributed by atoms with Crippen LogP contribution in [-0.4, -0.2) is 22.5 Å². The van der Waals surface area contributed by atoms with Gasteiger partial charge in [0.25, 0.3) is 5.91 Å². The Labute approximate surface area is 128 Å². The van der Waals surface area contributed by atoms with Gasteiger partial charge in [0.2, 0.25) is 0 Å². The van der Waals surface area contributed by atoms with Gasteiger partial charge in [0, 0.05) is 6.07 Å². The highest BCUT2D eigenvalue weighted by Crippen LogP contribution is 2.23. The summed E-state index contributed by atoms with van der Waals surface area (Å²) in [4.78, 5) is 19.2. The van der Waals surface area contributed by atoms with Crippen LogP contribution < -0.4 is 10.1 Å². The zero-order valence-electron chi connectivity index (χ0n) is 11.5. The number of halogens is 3. The van der Waals surface area contributed by atoms with Crippen molar-refractivity contribution in [3.63, 3.8) is 0 Å². The summed E-state index contributed by atoms with van der Waals surface area (Å²) in [5.41, 5.74) is 1.22. The lowest BCUT2D eigenvalue weighted by molar-refractivity contribution is -0.0499. The predicted octanol–water partition coefficient (Wildman–Crippen LogP) is 3.56. The Bertz CT molecular complexity index is 864. The first kappa shape index (κ1) is 14.9. The average molecular weight is 321 g/mol. The lowest BCUT2D eigenvalue weighted by atomic mass is 10.1. The van der Waals surface area contributed by atoms with E-state index in [0.29, 0.717) is 11.0 Å². The molecule has 2 aromatic carbocycles. The fraction of sp³-hybridized carbons (Fsp3) is 0.0667. The SMILES string of the molecule is O=C(Nc1ccc(OC(F)F)cc1F)c1cccc2[nH]cnc12. The number of carbonyl (C=O) groups is 1. The molecule has 1 amide bonds. The molecule has 0 aliphatic carbocycles. The lowest BCUT2D eigenvalue weighted by Crippen LogP contribution is -2.13. The number of ether oxygens (including phenoxy) is 1. The molecule has 23 heavy (non-hydrogen) atoms. The van der Waals surface area contributed by atoms with Crippen LogP contribution in [0.5, 0.6) is 5.75 Å². The normalized spacial score (nSPS) is 11.0. The van der Waals surface area contributed by atoms with Crippen LogP contribution in [0.15, 0.2) is 42.7 Å². The van der Waals surface area contributed by atoms with Gasteiger partial charge in [-0.3, -0.25) is 4.79 Å². The third-order valence-electron chi connectivity index (χ3n) is 3.11. The van der Waals surface area contributed by atoms with Crippen LogP contribution in [0.2, 0.25) is 0 Å². The number of aromatic amines is 1. The van der Waals surface area contributed by atoms with Gasteiger partial charge in [-0.1, -0.05) is 6.07 Å². The van der Waals surface area contributed by atoms with Crippen molar-refractivity contribution in [2.45, 2.75) is 6.61 Å². The van der Waals surface area contributed by atoms with Crippen molar-refractivity contribution in [1.82, 2.24) is 9.97 Å². The van der Waals surface area contributed by atoms with E-state index >= 15 is 0 Å². The Kier molecular flexibility index (Phi) is 3.88. The molecule has 0 aliphatic heterocycles. The van der Waals surface area contributed by atoms with Crippen molar-refractivity contribution >= 4 is 22.6 Å². The number of hydrogen-bond donors (Lipinski definition) is 2. The number of amides is 1. The van der Waals surface area contributed by atoms with Gasteiger partial charge in [-0.25, -0.2) is 9.37 Å². The Morgan fingerprint density at radius 3 is 2.83 bits per heavy atom. The van der Waals surface area contributed by atoms with E-state index in [0.717, 1.165) is 18.2 Å². The van der Waals surface area contributed by atoms with Crippen LogP contribution in [0.4, 0.5) is 18.9 Å². The molecule has 0 atom stereocenters. The van der Waals surface area contributed by atoms with Gasteiger partial charge in [0.05, 0.1) is 23.1 Å². The molecule has 0 saturated carbocycles. The summed E-state index contributed by atoms with van der Waals surface area (Å²) in [5.74, 6) is -1.78. The van der Waals surface area contributed by atoms with E-state index in [1.165, 1.54) is 6.33 Å². The zero-order chi connectivity index (χ0) is 16.4. The number of fused-ring (bicyclic) bond motifs is 1. The van der Waals surface area contributed by atoms with E-state index in [-0.39, 0.29) is 17.0 Å². The van der Waals surface area contributed by atoms with Crippen molar-refractivity contribution in [2.24, 2.45) is 0 Å². The Morgan fingerprint density at radius 2 is 2.09 bits per heavy atom. The minimum absolute atomic E-state index is 0.149. The first-order valence-corrected chi connectivity index (χ1v) is 6.52. The Morgan fingerprint density at radius 1 is 1.26 bits per heavy atom. The van der Waals surface area contributed by atoms with Crippen LogP contribution in [-0.2, 0) is 0 Å². The summed E-state index contributed by atoms with van der Waals surface area (Å²) in [7, 11) is 0. The number of nitrogens with one attached hydrogen (secondary N) is 2. The van der Waals surface area contributed by atoms with Crippen molar-refractivity contribution in [1.29, 1.82) is 0 Å². The van der Waals surface area contributed by atoms with Gasteiger partial charge in [0.1, 0.15) is 17.1 Å². The van der Waals surface area contributed by atoms with Gasteiger partial charge < -0.3 is 15.0 Å². The molecule has 0 unspecified atom stereocenters. The number of hydrogen-bond acceptors (Lipinski definition) is 3. The second-order valence-corrected chi connectivity index (χ2v) is 4.58. The highest BCUT2D eigenvalue weighted by Gasteiger charge is 2.15. The number of rotatable bonds is 4. The topological polar surface area (TPSA) is 67.0 Å². The lowest BCUT2D eigenvalue weighted by Gasteiger charge is -2.09. The molecule has 3 rings (SSSR count). The molecule has 0 spiro atoms. The van der Waals surface area contributed by atoms with Gasteiger partial charge in [-0.15, -0.1) is 0 Å². The van der Waals surface area contributed by atoms with Crippen LogP contribution in [0.25, 0.3) is 11.0 Å². The maximum Gasteiger partial charge on any atom is 0.387 e. The number of aromatic nitrogens is 2. The van der Waals surface area contributed by atoms with Crippen molar-refractivity contribution < 1.29 is 22.7 Å². The Hall–Kier alpha value is -3.03. The van der Waals surface area contributed by atoms with Crippen LogP contribution in [0.3, 0.4) is 0 Å². The fourth-order valence-corrected chi connectivity index (χ4v) is 2.11. The molecule has 0 saturated heterocycles. The maximum absolute atomic E-state index is 13.9. The number of H-pyrrole nitrogens is 1. The molecule has 0 bridgehead atoms. The van der Waals surface area contributed by atoms with Crippen molar-refractivity contribution in [3.05, 3.63) is 54.1 Å². The molecular weight excluding hydrogens is 311 g/mol. The summed E-state index contributed by atoms with van der Waals surface area (Å²) in [6.45, 7) is -3.05. The van der Waals surface area contributed by atoms with E-state index in [1.54, 1.807) is 18.2 Å². The molecule has 118 valence electrons. The van der Waals surface area contributed by atoms with Gasteiger partial charge in [-0.2, -0.15) is 8.78 Å². The second-order valence-electron chi connectivity index (χ2n) is 4.58. The zero-order valence-corrected chi connectivity index (χ0v) is 11.5. The number of nitrogens with zero attached hydrogens (tertiary/aromatic N) is 1. The third-order valence-corrected chi connectivity index (χ3v) is 3.11. The highest BCUT2D eigenvalue weighted by atomic mass is 19.3. The van der Waals surface area contributed by atoms with Gasteiger partial charge in [0.15, 0.2) is 0 Å². The smallest absolute Gasteiger partial charge is 0.387 e. The van der Waals surface area contributed by atoms with Crippen LogP contribution in [0.1, 0.15) is 10.4 Å². The van der Waals surface area contributed by atoms with E-state index < -0.39 is 18.3 Å². The number of para-hydroxylation sites is 1. The molecule has 3 aromatic rings. The largest absolute Gasteiger partial charge is 0.435 e. The van der Waals surface area contributed by atoms with Gasteiger partial charge >= 0.3 is 6.61 Å². The number of alkyl halides is 2. The second kappa shape index (κ2) is 5.99. The summed E-state index contributed by atoms with van der Waals surface area (Å²) < 4.78 is 42.1. The van der Waals surface area contributed by atoms with Crippen LogP contribution in [0, 0.1) is 5.82 Å². The standard InChI is InChI=1S/C15H10F3N3O2/c16-10-6-8(23-15(17)18)4-5-11(10)21-14(22)9-2-1-3-12-13(9)20-7-19-12/h1-7,15H,(H,19,20)(H,21,22). The minimum atomic E-state index is -3.05. The van der Waals surface area contributed by atoms with Gasteiger partial charge in [-0.05, 0) is 24.3 Å². The molecule has 1 heterocycles. The number of carbonyl (C=O) groups excluding carboxylic acids is 1.